The largest absolute Gasteiger partial charge is 0.299 e. The number of benzene rings is 7. The number of hydrogen-bond acceptors (Lipinski definition) is 4. The van der Waals surface area contributed by atoms with Gasteiger partial charge in [0.25, 0.3) is 0 Å². The van der Waals surface area contributed by atoms with E-state index in [0.29, 0.717) is 11.4 Å². The summed E-state index contributed by atoms with van der Waals surface area (Å²) in [4.78, 5) is 4.26. The van der Waals surface area contributed by atoms with Crippen LogP contribution in [0.5, 0.6) is 0 Å². The van der Waals surface area contributed by atoms with Crippen LogP contribution in [0.25, 0.3) is 71.3 Å². The first-order valence-electron chi connectivity index (χ1n) is 17.1. The lowest BCUT2D eigenvalue weighted by molar-refractivity contribution is 1.32. The second-order valence-electron chi connectivity index (χ2n) is 12.7. The molecule has 8 aromatic rings. The Morgan fingerprint density at radius 1 is 0.510 bits per heavy atom. The quantitative estimate of drug-likeness (QED) is 0.107. The third-order valence-electron chi connectivity index (χ3n) is 9.63. The number of nitrogens with zero attached hydrogens (tertiary/aromatic N) is 2. The summed E-state index contributed by atoms with van der Waals surface area (Å²) in [7, 11) is 0. The first kappa shape index (κ1) is 30.2. The molecule has 240 valence electrons. The minimum atomic E-state index is 0.352. The van der Waals surface area contributed by atoms with Gasteiger partial charge in [0.2, 0.25) is 0 Å². The van der Waals surface area contributed by atoms with Crippen molar-refractivity contribution in [1.29, 1.82) is 5.41 Å². The topological polar surface area (TPSA) is 61.1 Å². The summed E-state index contributed by atoms with van der Waals surface area (Å²) in [6.07, 6.45) is 9.53. The van der Waals surface area contributed by atoms with Gasteiger partial charge in [0.1, 0.15) is 5.71 Å². The van der Waals surface area contributed by atoms with Crippen molar-refractivity contribution in [2.24, 2.45) is 5.10 Å². The zero-order chi connectivity index (χ0) is 34.1. The molecule has 0 aliphatic heterocycles. The van der Waals surface area contributed by atoms with Crippen LogP contribution in [0.3, 0.4) is 0 Å². The van der Waals surface area contributed by atoms with Crippen molar-refractivity contribution >= 4 is 55.0 Å². The maximum absolute atomic E-state index is 8.74. The number of rotatable bonds is 6. The molecule has 1 aliphatic rings. The highest BCUT2D eigenvalue weighted by Gasteiger charge is 2.20. The van der Waals surface area contributed by atoms with Gasteiger partial charge in [0, 0.05) is 18.0 Å². The molecule has 1 heterocycles. The fraction of sp³-hybridized carbons (Fsp3) is 0. The number of nitrogens with one attached hydrogen (secondary N) is 2. The van der Waals surface area contributed by atoms with Crippen molar-refractivity contribution in [3.05, 3.63) is 188 Å². The first-order valence-corrected chi connectivity index (χ1v) is 17.1. The van der Waals surface area contributed by atoms with Crippen molar-refractivity contribution in [3.63, 3.8) is 0 Å². The maximum Gasteiger partial charge on any atom is 0.109 e. The lowest BCUT2D eigenvalue weighted by atomic mass is 9.84. The Hall–Kier alpha value is -6.91. The smallest absolute Gasteiger partial charge is 0.109 e. The molecular weight excluding hydrogens is 621 g/mol. The summed E-state index contributed by atoms with van der Waals surface area (Å²) >= 11 is 0. The molecular formula is C47H32N4. The lowest BCUT2D eigenvalue weighted by Gasteiger charge is -2.20. The Kier molecular flexibility index (Phi) is 7.60. The van der Waals surface area contributed by atoms with E-state index in [4.69, 9.17) is 10.5 Å². The fourth-order valence-corrected chi connectivity index (χ4v) is 7.28. The number of anilines is 1. The maximum atomic E-state index is 8.74. The Morgan fingerprint density at radius 2 is 1.14 bits per heavy atom. The summed E-state index contributed by atoms with van der Waals surface area (Å²) in [6.45, 7) is 0. The average Bonchev–Trinajstić information content (AvgIpc) is 3.20. The second-order valence-corrected chi connectivity index (χ2v) is 12.7. The van der Waals surface area contributed by atoms with E-state index in [-0.39, 0.29) is 0 Å². The van der Waals surface area contributed by atoms with Crippen molar-refractivity contribution < 1.29 is 0 Å². The predicted molar refractivity (Wildman–Crippen MR) is 215 cm³/mol. The van der Waals surface area contributed by atoms with Crippen LogP contribution in [0.15, 0.2) is 187 Å². The number of allylic oxidation sites excluding steroid dienone is 4. The van der Waals surface area contributed by atoms with Crippen LogP contribution in [0.1, 0.15) is 5.56 Å². The minimum absolute atomic E-state index is 0.352. The van der Waals surface area contributed by atoms with Crippen LogP contribution in [-0.2, 0) is 0 Å². The van der Waals surface area contributed by atoms with E-state index >= 15 is 0 Å². The van der Waals surface area contributed by atoms with Crippen LogP contribution in [0.2, 0.25) is 0 Å². The highest BCUT2D eigenvalue weighted by molar-refractivity contribution is 6.52. The number of aromatic nitrogens is 1. The van der Waals surface area contributed by atoms with Crippen LogP contribution < -0.4 is 5.43 Å². The normalized spacial score (nSPS) is 13.6. The fourth-order valence-electron chi connectivity index (χ4n) is 7.28. The van der Waals surface area contributed by atoms with Crippen LogP contribution in [0.4, 0.5) is 5.69 Å². The third kappa shape index (κ3) is 5.59. The standard InChI is InChI=1S/C47H32N4/c48-44-25-24-35(29-45(44)51-50-37-17-8-13-32(28-37)36-16-10-26-49-30-36)47-42-21-5-3-19-40(42)46(41-20-4-6-22-43(41)47)34-15-7-14-33(27-34)39-23-9-12-31-11-1-2-18-38(31)39/h1-30,48,50H/b48-44?,51-45-. The van der Waals surface area contributed by atoms with Crippen molar-refractivity contribution in [2.75, 3.05) is 5.43 Å². The molecule has 0 unspecified atom stereocenters. The van der Waals surface area contributed by atoms with Crippen molar-refractivity contribution in [2.45, 2.75) is 0 Å². The third-order valence-corrected chi connectivity index (χ3v) is 9.63. The highest BCUT2D eigenvalue weighted by Crippen LogP contribution is 2.43. The lowest BCUT2D eigenvalue weighted by Crippen LogP contribution is -2.14. The van der Waals surface area contributed by atoms with Gasteiger partial charge in [-0.05, 0) is 108 Å². The zero-order valence-electron chi connectivity index (χ0n) is 27.7. The van der Waals surface area contributed by atoms with E-state index in [1.54, 1.807) is 6.20 Å². The summed E-state index contributed by atoms with van der Waals surface area (Å²) < 4.78 is 0. The Balaban J connectivity index is 1.16. The van der Waals surface area contributed by atoms with Gasteiger partial charge < -0.3 is 0 Å². The molecule has 1 aliphatic carbocycles. The monoisotopic (exact) mass is 652 g/mol. The van der Waals surface area contributed by atoms with E-state index in [1.807, 2.05) is 54.8 Å². The Labute approximate surface area is 296 Å². The molecule has 1 aromatic heterocycles. The average molecular weight is 653 g/mol. The molecule has 0 amide bonds. The van der Waals surface area contributed by atoms with Gasteiger partial charge in [-0.25, -0.2) is 0 Å². The van der Waals surface area contributed by atoms with Crippen molar-refractivity contribution in [3.8, 4) is 33.4 Å². The molecule has 0 fully saturated rings. The number of pyridine rings is 1. The van der Waals surface area contributed by atoms with Crippen LogP contribution in [-0.4, -0.2) is 16.4 Å². The molecule has 0 bridgehead atoms. The van der Waals surface area contributed by atoms with Crippen LogP contribution >= 0.6 is 0 Å². The minimum Gasteiger partial charge on any atom is -0.299 e. The number of hydrogen-bond donors (Lipinski definition) is 2. The molecule has 4 heteroatoms. The predicted octanol–water partition coefficient (Wildman–Crippen LogP) is 12.0. The van der Waals surface area contributed by atoms with E-state index in [0.717, 1.165) is 38.7 Å². The molecule has 9 rings (SSSR count). The molecule has 51 heavy (non-hydrogen) atoms. The number of fused-ring (bicyclic) bond motifs is 3. The second kappa shape index (κ2) is 12.8. The Morgan fingerprint density at radius 3 is 1.90 bits per heavy atom. The van der Waals surface area contributed by atoms with Gasteiger partial charge in [-0.1, -0.05) is 133 Å². The molecule has 0 radical (unpaired) electrons. The van der Waals surface area contributed by atoms with Gasteiger partial charge in [-0.3, -0.25) is 15.8 Å². The summed E-state index contributed by atoms with van der Waals surface area (Å²) in [5.74, 6) is 0. The summed E-state index contributed by atoms with van der Waals surface area (Å²) in [5, 5.41) is 20.6. The van der Waals surface area contributed by atoms with Gasteiger partial charge in [0.05, 0.1) is 11.4 Å². The molecule has 0 spiro atoms. The molecule has 0 atom stereocenters. The number of hydrazone groups is 1. The van der Waals surface area contributed by atoms with E-state index < -0.39 is 0 Å². The van der Waals surface area contributed by atoms with Gasteiger partial charge in [-0.2, -0.15) is 5.10 Å². The Bertz CT molecular complexity index is 2670. The van der Waals surface area contributed by atoms with E-state index in [9.17, 15) is 0 Å². The van der Waals surface area contributed by atoms with E-state index in [2.05, 4.69) is 132 Å². The molecule has 7 aromatic carbocycles. The van der Waals surface area contributed by atoms with Gasteiger partial charge in [-0.15, -0.1) is 0 Å². The highest BCUT2D eigenvalue weighted by atomic mass is 15.3. The molecule has 2 N–H and O–H groups in total. The van der Waals surface area contributed by atoms with Gasteiger partial charge in [0.15, 0.2) is 0 Å². The molecule has 0 saturated carbocycles. The molecule has 4 nitrogen and oxygen atoms in total. The zero-order valence-corrected chi connectivity index (χ0v) is 27.7. The first-order chi connectivity index (χ1) is 25.2. The summed E-state index contributed by atoms with van der Waals surface area (Å²) in [5.41, 5.74) is 14.0. The molecule has 0 saturated heterocycles. The van der Waals surface area contributed by atoms with Gasteiger partial charge >= 0.3 is 0 Å². The SMILES string of the molecule is N=C1C=CC(c2c3ccccc3c(-c3cccc(-c4cccc5ccccc45)c3)c3ccccc23)=C/C1=N/Nc1cccc(-c2cccnc2)c1. The van der Waals surface area contributed by atoms with Crippen LogP contribution in [0, 0.1) is 5.41 Å². The van der Waals surface area contributed by atoms with Crippen molar-refractivity contribution in [1.82, 2.24) is 4.98 Å². The van der Waals surface area contributed by atoms with E-state index in [1.165, 1.54) is 43.8 Å². The summed E-state index contributed by atoms with van der Waals surface area (Å²) in [6, 6.07) is 53.4.